The molecule has 30 heavy (non-hydrogen) atoms. The molecule has 1 N–H and O–H groups in total. The van der Waals surface area contributed by atoms with Crippen molar-refractivity contribution < 1.29 is 28.2 Å². The second-order valence-electron chi connectivity index (χ2n) is 8.02. The van der Waals surface area contributed by atoms with Crippen LogP contribution in [0.1, 0.15) is 5.76 Å². The molecule has 8 nitrogen and oxygen atoms in total. The van der Waals surface area contributed by atoms with Crippen molar-refractivity contribution in [3.8, 4) is 11.5 Å². The summed E-state index contributed by atoms with van der Waals surface area (Å²) in [5.74, 6) is 0.513. The highest BCUT2D eigenvalue weighted by atomic mass is 16.6. The van der Waals surface area contributed by atoms with E-state index in [-0.39, 0.29) is 11.8 Å². The molecule has 0 saturated carbocycles. The summed E-state index contributed by atoms with van der Waals surface area (Å²) in [5, 5.41) is 2.93. The van der Waals surface area contributed by atoms with Crippen LogP contribution in [0.5, 0.6) is 11.5 Å². The van der Waals surface area contributed by atoms with Crippen molar-refractivity contribution in [1.29, 1.82) is 0 Å². The van der Waals surface area contributed by atoms with Crippen LogP contribution in [0.4, 0.5) is 5.69 Å². The van der Waals surface area contributed by atoms with E-state index in [9.17, 15) is 9.59 Å². The fraction of sp³-hybridized carbons (Fsp3) is 0.364. The van der Waals surface area contributed by atoms with Crippen molar-refractivity contribution in [3.05, 3.63) is 54.5 Å². The highest BCUT2D eigenvalue weighted by Gasteiger charge is 2.66. The van der Waals surface area contributed by atoms with Gasteiger partial charge in [-0.2, -0.15) is 0 Å². The normalized spacial score (nSPS) is 30.6. The molecule has 8 heteroatoms. The van der Waals surface area contributed by atoms with Crippen LogP contribution in [0.3, 0.4) is 0 Å². The Kier molecular flexibility index (Phi) is 3.73. The molecule has 2 saturated heterocycles. The van der Waals surface area contributed by atoms with E-state index in [1.165, 1.54) is 0 Å². The van der Waals surface area contributed by atoms with Crippen LogP contribution in [-0.2, 0) is 20.9 Å². The molecule has 0 unspecified atom stereocenters. The Morgan fingerprint density at radius 2 is 2.07 bits per heavy atom. The number of nitrogens with one attached hydrogen (secondary N) is 1. The number of amides is 2. The van der Waals surface area contributed by atoms with E-state index in [1.807, 2.05) is 18.2 Å². The number of hydrogen-bond acceptors (Lipinski definition) is 6. The van der Waals surface area contributed by atoms with Crippen molar-refractivity contribution in [1.82, 2.24) is 4.90 Å². The maximum atomic E-state index is 13.2. The third-order valence-corrected chi connectivity index (χ3v) is 6.22. The first-order valence-corrected chi connectivity index (χ1v) is 10.0. The lowest BCUT2D eigenvalue weighted by molar-refractivity contribution is -0.136. The second-order valence-corrected chi connectivity index (χ2v) is 8.02. The summed E-state index contributed by atoms with van der Waals surface area (Å²) < 4.78 is 22.7. The monoisotopic (exact) mass is 408 g/mol. The summed E-state index contributed by atoms with van der Waals surface area (Å²) in [7, 11) is 0. The molecule has 154 valence electrons. The maximum absolute atomic E-state index is 13.2. The van der Waals surface area contributed by atoms with Gasteiger partial charge in [-0.25, -0.2) is 0 Å². The number of nitrogens with zero attached hydrogens (tertiary/aromatic N) is 1. The largest absolute Gasteiger partial charge is 0.486 e. The molecule has 1 aromatic carbocycles. The molecular formula is C22H20N2O6. The number of anilines is 1. The highest BCUT2D eigenvalue weighted by Crippen LogP contribution is 2.52. The van der Waals surface area contributed by atoms with Gasteiger partial charge in [0.1, 0.15) is 24.6 Å². The van der Waals surface area contributed by atoms with E-state index < -0.39 is 23.5 Å². The van der Waals surface area contributed by atoms with Gasteiger partial charge in [0, 0.05) is 11.8 Å². The number of carbonyl (C=O) groups is 2. The Labute approximate surface area is 172 Å². The average molecular weight is 408 g/mol. The predicted octanol–water partition coefficient (Wildman–Crippen LogP) is 1.97. The van der Waals surface area contributed by atoms with Crippen molar-refractivity contribution in [3.63, 3.8) is 0 Å². The average Bonchev–Trinajstić information content (AvgIpc) is 3.51. The van der Waals surface area contributed by atoms with Crippen molar-refractivity contribution in [2.75, 3.05) is 25.1 Å². The predicted molar refractivity (Wildman–Crippen MR) is 104 cm³/mol. The molecule has 0 radical (unpaired) electrons. The van der Waals surface area contributed by atoms with Gasteiger partial charge in [-0.05, 0) is 24.3 Å². The zero-order chi connectivity index (χ0) is 20.3. The van der Waals surface area contributed by atoms with Crippen molar-refractivity contribution in [2.45, 2.75) is 18.2 Å². The second kappa shape index (κ2) is 6.37. The standard InChI is InChI=1S/C22H20N2O6/c25-20(23-13-3-4-15-17(10-13)29-9-8-28-15)18-16-5-6-22(30-16)12-24(21(26)19(18)22)11-14-2-1-7-27-14/h1-7,10,16,18-19H,8-9,11-12H2,(H,23,25)/t16-,18+,19-,22-/m1/s1. The molecule has 4 aliphatic rings. The summed E-state index contributed by atoms with van der Waals surface area (Å²) in [6.07, 6.45) is 5.02. The Hall–Kier alpha value is -3.26. The quantitative estimate of drug-likeness (QED) is 0.778. The number of fused-ring (bicyclic) bond motifs is 2. The SMILES string of the molecule is O=C(Nc1ccc2c(c1)OCCO2)[C@H]1[C@H]2C=C[C@]3(CN(Cc4ccco4)C(=O)[C@@H]13)O2. The highest BCUT2D eigenvalue weighted by molar-refractivity contribution is 5.99. The lowest BCUT2D eigenvalue weighted by atomic mass is 9.77. The molecule has 5 heterocycles. The molecule has 4 aliphatic heterocycles. The topological polar surface area (TPSA) is 90.2 Å². The van der Waals surface area contributed by atoms with E-state index in [4.69, 9.17) is 18.6 Å². The van der Waals surface area contributed by atoms with Gasteiger partial charge in [0.05, 0.1) is 37.3 Å². The first-order chi connectivity index (χ1) is 14.6. The van der Waals surface area contributed by atoms with Crippen LogP contribution >= 0.6 is 0 Å². The van der Waals surface area contributed by atoms with Crippen LogP contribution in [-0.4, -0.2) is 48.2 Å². The van der Waals surface area contributed by atoms with Crippen molar-refractivity contribution >= 4 is 17.5 Å². The van der Waals surface area contributed by atoms with Crippen LogP contribution in [0.25, 0.3) is 0 Å². The maximum Gasteiger partial charge on any atom is 0.231 e. The van der Waals surface area contributed by atoms with E-state index in [2.05, 4.69) is 5.32 Å². The number of likely N-dealkylation sites (tertiary alicyclic amines) is 1. The van der Waals surface area contributed by atoms with Gasteiger partial charge in [-0.3, -0.25) is 9.59 Å². The Morgan fingerprint density at radius 1 is 1.20 bits per heavy atom. The molecule has 0 aliphatic carbocycles. The first kappa shape index (κ1) is 17.6. The van der Waals surface area contributed by atoms with Crippen LogP contribution in [0.2, 0.25) is 0 Å². The minimum atomic E-state index is -0.747. The zero-order valence-electron chi connectivity index (χ0n) is 16.1. The van der Waals surface area contributed by atoms with Gasteiger partial charge in [0.15, 0.2) is 11.5 Å². The number of furan rings is 1. The molecule has 2 amide bonds. The lowest BCUT2D eigenvalue weighted by Crippen LogP contribution is -2.41. The Balaban J connectivity index is 1.23. The van der Waals surface area contributed by atoms with E-state index in [0.29, 0.717) is 49.2 Å². The van der Waals surface area contributed by atoms with Gasteiger partial charge in [-0.15, -0.1) is 0 Å². The van der Waals surface area contributed by atoms with Crippen LogP contribution in [0.15, 0.2) is 53.2 Å². The minimum absolute atomic E-state index is 0.0828. The van der Waals surface area contributed by atoms with Gasteiger partial charge in [0.2, 0.25) is 11.8 Å². The minimum Gasteiger partial charge on any atom is -0.486 e. The van der Waals surface area contributed by atoms with E-state index >= 15 is 0 Å². The first-order valence-electron chi connectivity index (χ1n) is 10.0. The molecule has 1 aromatic heterocycles. The summed E-state index contributed by atoms with van der Waals surface area (Å²) in [4.78, 5) is 28.1. The Bertz CT molecular complexity index is 1050. The number of hydrogen-bond donors (Lipinski definition) is 1. The number of benzene rings is 1. The van der Waals surface area contributed by atoms with Gasteiger partial charge >= 0.3 is 0 Å². The molecular weight excluding hydrogens is 388 g/mol. The fourth-order valence-corrected chi connectivity index (χ4v) is 4.95. The van der Waals surface area contributed by atoms with Crippen molar-refractivity contribution in [2.24, 2.45) is 11.8 Å². The summed E-state index contributed by atoms with van der Waals surface area (Å²) in [6.45, 7) is 1.76. The fourth-order valence-electron chi connectivity index (χ4n) is 4.95. The summed E-state index contributed by atoms with van der Waals surface area (Å²) >= 11 is 0. The van der Waals surface area contributed by atoms with Crippen LogP contribution in [0, 0.1) is 11.8 Å². The van der Waals surface area contributed by atoms with E-state index in [1.54, 1.807) is 35.4 Å². The summed E-state index contributed by atoms with van der Waals surface area (Å²) in [6, 6.07) is 8.91. The van der Waals surface area contributed by atoms with Gasteiger partial charge in [0.25, 0.3) is 0 Å². The Morgan fingerprint density at radius 3 is 2.90 bits per heavy atom. The number of rotatable bonds is 4. The number of carbonyl (C=O) groups excluding carboxylic acids is 2. The zero-order valence-corrected chi connectivity index (χ0v) is 16.1. The molecule has 2 aromatic rings. The molecule has 2 bridgehead atoms. The summed E-state index contributed by atoms with van der Waals surface area (Å²) in [5.41, 5.74) is -0.147. The molecule has 4 atom stereocenters. The third kappa shape index (κ3) is 2.56. The molecule has 1 spiro atoms. The smallest absolute Gasteiger partial charge is 0.231 e. The molecule has 6 rings (SSSR count). The van der Waals surface area contributed by atoms with Gasteiger partial charge in [-0.1, -0.05) is 12.2 Å². The van der Waals surface area contributed by atoms with Gasteiger partial charge < -0.3 is 28.8 Å². The molecule has 2 fully saturated rings. The van der Waals surface area contributed by atoms with Crippen LogP contribution < -0.4 is 14.8 Å². The third-order valence-electron chi connectivity index (χ3n) is 6.22. The number of ether oxygens (including phenoxy) is 3. The van der Waals surface area contributed by atoms with E-state index in [0.717, 1.165) is 0 Å². The lowest BCUT2D eigenvalue weighted by Gasteiger charge is -2.24.